The summed E-state index contributed by atoms with van der Waals surface area (Å²) in [6.07, 6.45) is 19.7. The van der Waals surface area contributed by atoms with E-state index in [1.54, 1.807) is 6.08 Å². The number of aliphatic hydroxyl groups excluding tert-OH is 2. The zero-order valence-corrected chi connectivity index (χ0v) is 36.0. The third kappa shape index (κ3) is 7.10. The van der Waals surface area contributed by atoms with Gasteiger partial charge in [0.1, 0.15) is 12.3 Å². The molecule has 4 saturated carbocycles. The summed E-state index contributed by atoms with van der Waals surface area (Å²) in [4.78, 5) is 14.6. The van der Waals surface area contributed by atoms with Gasteiger partial charge in [-0.2, -0.15) is 0 Å². The minimum atomic E-state index is -1.30. The lowest BCUT2D eigenvalue weighted by Gasteiger charge is -2.63. The van der Waals surface area contributed by atoms with Crippen molar-refractivity contribution in [2.45, 2.75) is 192 Å². The van der Waals surface area contributed by atoms with E-state index < -0.39 is 46.3 Å². The Hall–Kier alpha value is -1.17. The smallest absolute Gasteiger partial charge is 0.159 e. The predicted octanol–water partition coefficient (Wildman–Crippen LogP) is 5.57. The molecule has 0 bridgehead atoms. The minimum absolute atomic E-state index is 0.0123. The fourth-order valence-corrected chi connectivity index (χ4v) is 15.4. The van der Waals surface area contributed by atoms with Crippen LogP contribution in [0.15, 0.2) is 23.8 Å². The highest BCUT2D eigenvalue weighted by atomic mass is 16.6. The summed E-state index contributed by atoms with van der Waals surface area (Å²) in [6, 6.07) is 0. The van der Waals surface area contributed by atoms with Gasteiger partial charge in [0.05, 0.1) is 42.2 Å². The Morgan fingerprint density at radius 1 is 1.00 bits per heavy atom. The minimum Gasteiger partial charge on any atom is -0.390 e. The molecule has 2 saturated heterocycles. The molecule has 322 valence electrons. The highest BCUT2D eigenvalue weighted by Gasteiger charge is 2.73. The second-order valence-corrected chi connectivity index (χ2v) is 21.5. The predicted molar refractivity (Wildman–Crippen MR) is 220 cm³/mol. The number of quaternary nitrogens is 1. The molecule has 8 rings (SSSR count). The SMILES string of the molecule is CCCCCOC(C1OC2CCC(CCC)CCC2C1C)C(C)(O)C1CCC2(O)C3=CC(=O)C4CC(O)C(O)CC45CC(C4CCC(N)[NH2+]C4)C=CC(CC12C)C35. The maximum absolute atomic E-state index is 14.6. The van der Waals surface area contributed by atoms with Gasteiger partial charge >= 0.3 is 0 Å². The summed E-state index contributed by atoms with van der Waals surface area (Å²) >= 11 is 0. The summed E-state index contributed by atoms with van der Waals surface area (Å²) in [7, 11) is 0. The lowest BCUT2D eigenvalue weighted by Crippen LogP contribution is -2.95. The number of hydrogen-bond donors (Lipinski definition) is 6. The second-order valence-electron chi connectivity index (χ2n) is 21.5. The zero-order chi connectivity index (χ0) is 40.5. The first-order valence-corrected chi connectivity index (χ1v) is 23.8. The Morgan fingerprint density at radius 3 is 2.51 bits per heavy atom. The number of carbonyl (C=O) groups is 1. The molecular weight excluding hydrogens is 717 g/mol. The van der Waals surface area contributed by atoms with Crippen molar-refractivity contribution in [2.75, 3.05) is 13.2 Å². The summed E-state index contributed by atoms with van der Waals surface area (Å²) in [5, 5.41) is 51.5. The van der Waals surface area contributed by atoms with Gasteiger partial charge in [-0.3, -0.25) is 10.5 Å². The first-order valence-electron chi connectivity index (χ1n) is 23.8. The number of hydrogen-bond acceptors (Lipinski definition) is 8. The van der Waals surface area contributed by atoms with Gasteiger partial charge < -0.3 is 35.2 Å². The van der Waals surface area contributed by atoms with Gasteiger partial charge in [0, 0.05) is 30.3 Å². The Balaban J connectivity index is 1.15. The van der Waals surface area contributed by atoms with Crippen LogP contribution in [0.2, 0.25) is 0 Å². The van der Waals surface area contributed by atoms with Crippen LogP contribution >= 0.6 is 0 Å². The number of nitrogens with two attached hydrogens (primary N) is 2. The fourth-order valence-electron chi connectivity index (χ4n) is 15.4. The number of unbranched alkanes of at least 4 members (excludes halogenated alkanes) is 2. The Kier molecular flexibility index (Phi) is 12.1. The molecule has 1 spiro atoms. The largest absolute Gasteiger partial charge is 0.390 e. The maximum atomic E-state index is 14.6. The van der Waals surface area contributed by atoms with Crippen LogP contribution in [0.1, 0.15) is 144 Å². The lowest BCUT2D eigenvalue weighted by molar-refractivity contribution is -0.703. The Morgan fingerprint density at radius 2 is 1.77 bits per heavy atom. The van der Waals surface area contributed by atoms with Gasteiger partial charge in [-0.25, -0.2) is 0 Å². The molecule has 9 nitrogen and oxygen atoms in total. The molecule has 2 heterocycles. The number of ether oxygens (including phenoxy) is 2. The molecule has 2 aliphatic heterocycles. The molecule has 19 unspecified atom stereocenters. The van der Waals surface area contributed by atoms with Crippen LogP contribution in [0, 0.1) is 64.1 Å². The molecule has 8 N–H and O–H groups in total. The van der Waals surface area contributed by atoms with Crippen molar-refractivity contribution in [1.29, 1.82) is 0 Å². The van der Waals surface area contributed by atoms with Crippen LogP contribution in [0.3, 0.4) is 0 Å². The molecule has 8 aliphatic rings. The number of fused-ring (bicyclic) bond motifs is 3. The number of piperidine rings is 1. The van der Waals surface area contributed by atoms with Gasteiger partial charge in [0.25, 0.3) is 0 Å². The molecule has 0 amide bonds. The molecule has 0 radical (unpaired) electrons. The monoisotopic (exact) mass is 796 g/mol. The molecule has 6 fully saturated rings. The van der Waals surface area contributed by atoms with Crippen LogP contribution in [-0.2, 0) is 14.3 Å². The summed E-state index contributed by atoms with van der Waals surface area (Å²) in [5.41, 5.74) is 3.23. The number of aliphatic hydroxyl groups is 4. The molecule has 57 heavy (non-hydrogen) atoms. The second kappa shape index (κ2) is 16.3. The van der Waals surface area contributed by atoms with Crippen molar-refractivity contribution in [3.8, 4) is 0 Å². The number of allylic oxidation sites excluding steroid dienone is 3. The van der Waals surface area contributed by atoms with Gasteiger partial charge in [-0.15, -0.1) is 0 Å². The van der Waals surface area contributed by atoms with Gasteiger partial charge in [-0.1, -0.05) is 72.0 Å². The van der Waals surface area contributed by atoms with Crippen LogP contribution in [-0.4, -0.2) is 87.2 Å². The summed E-state index contributed by atoms with van der Waals surface area (Å²) in [6.45, 7) is 12.5. The van der Waals surface area contributed by atoms with Gasteiger partial charge in [0.15, 0.2) is 5.78 Å². The highest BCUT2D eigenvalue weighted by Crippen LogP contribution is 2.72. The van der Waals surface area contributed by atoms with E-state index in [2.05, 4.69) is 45.2 Å². The molecule has 19 atom stereocenters. The normalized spacial score (nSPS) is 49.7. The Labute approximate surface area is 343 Å². The molecule has 9 heteroatoms. The van der Waals surface area contributed by atoms with Crippen molar-refractivity contribution >= 4 is 5.78 Å². The van der Waals surface area contributed by atoms with Crippen LogP contribution < -0.4 is 11.1 Å². The van der Waals surface area contributed by atoms with Crippen molar-refractivity contribution in [3.05, 3.63) is 23.8 Å². The lowest BCUT2D eigenvalue weighted by atomic mass is 9.42. The van der Waals surface area contributed by atoms with Crippen molar-refractivity contribution in [2.24, 2.45) is 69.8 Å². The van der Waals surface area contributed by atoms with Crippen molar-refractivity contribution in [3.63, 3.8) is 0 Å². The van der Waals surface area contributed by atoms with E-state index in [9.17, 15) is 25.2 Å². The van der Waals surface area contributed by atoms with E-state index >= 15 is 0 Å². The van der Waals surface area contributed by atoms with Crippen molar-refractivity contribution in [1.82, 2.24) is 0 Å². The van der Waals surface area contributed by atoms with Crippen molar-refractivity contribution < 1.29 is 40.0 Å². The Bertz CT molecular complexity index is 1510. The number of carbonyl (C=O) groups excluding carboxylic acids is 1. The average molecular weight is 796 g/mol. The molecule has 0 aromatic rings. The molecule has 0 aromatic heterocycles. The van der Waals surface area contributed by atoms with Crippen LogP contribution in [0.4, 0.5) is 0 Å². The van der Waals surface area contributed by atoms with E-state index in [0.717, 1.165) is 69.4 Å². The van der Waals surface area contributed by atoms with Gasteiger partial charge in [0.2, 0.25) is 0 Å². The molecule has 6 aliphatic carbocycles. The van der Waals surface area contributed by atoms with E-state index in [1.165, 1.54) is 25.7 Å². The highest BCUT2D eigenvalue weighted by molar-refractivity contribution is 5.95. The molecule has 0 aromatic carbocycles. The zero-order valence-electron chi connectivity index (χ0n) is 36.0. The first-order chi connectivity index (χ1) is 27.2. The van der Waals surface area contributed by atoms with E-state index in [-0.39, 0.29) is 60.2 Å². The average Bonchev–Trinajstić information content (AvgIpc) is 3.46. The van der Waals surface area contributed by atoms with Crippen LogP contribution in [0.25, 0.3) is 0 Å². The van der Waals surface area contributed by atoms with E-state index in [0.29, 0.717) is 44.1 Å². The number of ketones is 1. The van der Waals surface area contributed by atoms with E-state index in [4.69, 9.17) is 15.2 Å². The third-order valence-corrected chi connectivity index (χ3v) is 18.4. The number of rotatable bonds is 11. The fraction of sp³-hybridized carbons (Fsp3) is 0.896. The molecular formula is C48H79N2O7+. The van der Waals surface area contributed by atoms with E-state index in [1.807, 2.05) is 6.92 Å². The quantitative estimate of drug-likeness (QED) is 0.117. The maximum Gasteiger partial charge on any atom is 0.159 e. The standard InChI is InChI=1S/C48H78N2O7/c1-6-8-9-21-56-44(43-28(3)33-16-11-29(10-7-2)12-17-39(33)57-43)46(5,54)40-19-20-48(55)35-23-36(51)34-22-37(52)38(53)26-47(34)25-30(32-15-18-41(49)50-27-32)13-14-31(42(35)47)24-45(40,48)4/h13-14,23,28-34,37-44,50,52-55H,6-12,15-22,24-27,49H2,1-5H3/p+1. The van der Waals surface area contributed by atoms with Gasteiger partial charge in [-0.05, 0) is 136 Å². The van der Waals surface area contributed by atoms with Crippen LogP contribution in [0.5, 0.6) is 0 Å². The summed E-state index contributed by atoms with van der Waals surface area (Å²) < 4.78 is 14.0. The summed E-state index contributed by atoms with van der Waals surface area (Å²) in [5.74, 6) is 1.28. The third-order valence-electron chi connectivity index (χ3n) is 18.4. The topological polar surface area (TPSA) is 159 Å². The first kappa shape index (κ1) is 42.5.